The van der Waals surface area contributed by atoms with Gasteiger partial charge in [0, 0.05) is 40.8 Å². The predicted molar refractivity (Wildman–Crippen MR) is 83.1 cm³/mol. The zero-order valence-corrected chi connectivity index (χ0v) is 13.5. The fourth-order valence-corrected chi connectivity index (χ4v) is 4.23. The summed E-state index contributed by atoms with van der Waals surface area (Å²) in [7, 11) is 0. The summed E-state index contributed by atoms with van der Waals surface area (Å²) >= 11 is 1.73. The van der Waals surface area contributed by atoms with Crippen LogP contribution in [0.15, 0.2) is 12.1 Å². The molecule has 1 aromatic heterocycles. The Bertz CT molecular complexity index is 564. The third-order valence-corrected chi connectivity index (χ3v) is 5.59. The molecule has 1 saturated heterocycles. The molecular formula is C16H21NO4S. The number of hydrogen-bond donors (Lipinski definition) is 1. The molecule has 1 aliphatic carbocycles. The summed E-state index contributed by atoms with van der Waals surface area (Å²) in [6, 6.07) is 4.17. The molecule has 2 fully saturated rings. The molecule has 0 aromatic carbocycles. The van der Waals surface area contributed by atoms with Crippen molar-refractivity contribution in [2.75, 3.05) is 19.8 Å². The van der Waals surface area contributed by atoms with Crippen molar-refractivity contribution in [3.05, 3.63) is 21.9 Å². The Hall–Kier alpha value is -1.40. The van der Waals surface area contributed by atoms with Gasteiger partial charge in [-0.1, -0.05) is 0 Å². The smallest absolute Gasteiger partial charge is 0.323 e. The molecule has 1 amide bonds. The molecular weight excluding hydrogens is 302 g/mol. The number of thiophene rings is 1. The van der Waals surface area contributed by atoms with Crippen LogP contribution < -0.4 is 0 Å². The van der Waals surface area contributed by atoms with Crippen LogP contribution in [0.2, 0.25) is 0 Å². The Kier molecular flexibility index (Phi) is 4.49. The number of nitrogens with zero attached hydrogens (tertiary/aromatic N) is 1. The number of hydrogen-bond acceptors (Lipinski definition) is 4. The van der Waals surface area contributed by atoms with Crippen molar-refractivity contribution in [2.45, 2.75) is 38.1 Å². The van der Waals surface area contributed by atoms with E-state index in [1.807, 2.05) is 0 Å². The van der Waals surface area contributed by atoms with Gasteiger partial charge in [0.1, 0.15) is 6.54 Å². The second-order valence-electron chi connectivity index (χ2n) is 6.10. The van der Waals surface area contributed by atoms with Crippen molar-refractivity contribution in [3.8, 4) is 0 Å². The summed E-state index contributed by atoms with van der Waals surface area (Å²) in [5, 5.41) is 9.13. The van der Waals surface area contributed by atoms with Gasteiger partial charge in [0.2, 0.25) is 5.91 Å². The topological polar surface area (TPSA) is 66.8 Å². The molecule has 1 aromatic rings. The molecule has 1 N–H and O–H groups in total. The number of rotatable bonds is 5. The zero-order chi connectivity index (χ0) is 15.7. The van der Waals surface area contributed by atoms with E-state index >= 15 is 0 Å². The lowest BCUT2D eigenvalue weighted by Gasteiger charge is -2.33. The number of ether oxygens (including phenoxy) is 1. The number of amides is 1. The summed E-state index contributed by atoms with van der Waals surface area (Å²) in [5.41, 5.74) is 0. The molecule has 120 valence electrons. The second kappa shape index (κ2) is 6.38. The lowest BCUT2D eigenvalue weighted by atomic mass is 10.1. The maximum atomic E-state index is 12.8. The van der Waals surface area contributed by atoms with Crippen LogP contribution >= 0.6 is 11.3 Å². The normalized spacial score (nSPS) is 25.0. The quantitative estimate of drug-likeness (QED) is 0.902. The largest absolute Gasteiger partial charge is 0.480 e. The Morgan fingerprint density at radius 2 is 2.09 bits per heavy atom. The minimum absolute atomic E-state index is 0.00340. The Morgan fingerprint density at radius 3 is 2.68 bits per heavy atom. The van der Waals surface area contributed by atoms with Crippen LogP contribution in [0.25, 0.3) is 0 Å². The van der Waals surface area contributed by atoms with Crippen molar-refractivity contribution in [1.82, 2.24) is 4.90 Å². The molecule has 0 radical (unpaired) electrons. The predicted octanol–water partition coefficient (Wildman–Crippen LogP) is 2.25. The average Bonchev–Trinajstić information content (AvgIpc) is 3.19. The van der Waals surface area contributed by atoms with Crippen molar-refractivity contribution in [1.29, 1.82) is 0 Å². The van der Waals surface area contributed by atoms with Gasteiger partial charge in [-0.05, 0) is 38.3 Å². The molecule has 3 rings (SSSR count). The molecule has 1 aliphatic heterocycles. The van der Waals surface area contributed by atoms with Crippen molar-refractivity contribution < 1.29 is 19.4 Å². The monoisotopic (exact) mass is 323 g/mol. The first-order valence-corrected chi connectivity index (χ1v) is 8.54. The van der Waals surface area contributed by atoms with E-state index in [2.05, 4.69) is 19.1 Å². The summed E-state index contributed by atoms with van der Waals surface area (Å²) in [6.07, 6.45) is 2.31. The summed E-state index contributed by atoms with van der Waals surface area (Å²) in [6.45, 7) is 3.07. The molecule has 22 heavy (non-hydrogen) atoms. The number of carbonyl (C=O) groups excluding carboxylic acids is 1. The first kappa shape index (κ1) is 15.5. The lowest BCUT2D eigenvalue weighted by molar-refractivity contribution is -0.148. The van der Waals surface area contributed by atoms with E-state index < -0.39 is 5.97 Å². The average molecular weight is 323 g/mol. The molecule has 6 heteroatoms. The van der Waals surface area contributed by atoms with E-state index in [0.29, 0.717) is 13.2 Å². The number of carboxylic acid groups (broad SMARTS) is 1. The number of carbonyl (C=O) groups is 2. The van der Waals surface area contributed by atoms with Crippen LogP contribution in [-0.4, -0.2) is 47.7 Å². The molecule has 1 saturated carbocycles. The van der Waals surface area contributed by atoms with Gasteiger partial charge in [0.15, 0.2) is 0 Å². The van der Waals surface area contributed by atoms with Crippen LogP contribution in [0, 0.1) is 12.8 Å². The van der Waals surface area contributed by atoms with Gasteiger partial charge < -0.3 is 14.7 Å². The minimum atomic E-state index is -0.941. The van der Waals surface area contributed by atoms with Crippen LogP contribution in [-0.2, 0) is 14.3 Å². The van der Waals surface area contributed by atoms with Crippen molar-refractivity contribution in [2.24, 2.45) is 5.92 Å². The maximum absolute atomic E-state index is 12.8. The van der Waals surface area contributed by atoms with Crippen LogP contribution in [0.5, 0.6) is 0 Å². The van der Waals surface area contributed by atoms with Crippen LogP contribution in [0.3, 0.4) is 0 Å². The fourth-order valence-electron chi connectivity index (χ4n) is 3.18. The minimum Gasteiger partial charge on any atom is -0.480 e. The maximum Gasteiger partial charge on any atom is 0.323 e. The van der Waals surface area contributed by atoms with E-state index in [-0.39, 0.29) is 30.3 Å². The van der Waals surface area contributed by atoms with Gasteiger partial charge >= 0.3 is 5.97 Å². The molecule has 5 nitrogen and oxygen atoms in total. The lowest BCUT2D eigenvalue weighted by Crippen LogP contribution is -2.46. The molecule has 2 heterocycles. The van der Waals surface area contributed by atoms with E-state index in [1.54, 1.807) is 16.2 Å². The molecule has 0 bridgehead atoms. The van der Waals surface area contributed by atoms with E-state index in [0.717, 1.165) is 19.3 Å². The summed E-state index contributed by atoms with van der Waals surface area (Å²) in [4.78, 5) is 28.0. The van der Waals surface area contributed by atoms with E-state index in [9.17, 15) is 9.59 Å². The second-order valence-corrected chi connectivity index (χ2v) is 7.42. The fraction of sp³-hybridized carbons (Fsp3) is 0.625. The van der Waals surface area contributed by atoms with Gasteiger partial charge in [-0.3, -0.25) is 9.59 Å². The van der Waals surface area contributed by atoms with Crippen LogP contribution in [0.1, 0.15) is 34.9 Å². The first-order chi connectivity index (χ1) is 10.6. The third kappa shape index (κ3) is 3.33. The SMILES string of the molecule is Cc1ccc([C@H]2C[C@H]2C(=O)N(CC(=O)O)C2CCOCC2)s1. The highest BCUT2D eigenvalue weighted by Gasteiger charge is 2.47. The summed E-state index contributed by atoms with van der Waals surface area (Å²) in [5.74, 6) is -0.697. The Labute approximate surface area is 133 Å². The zero-order valence-electron chi connectivity index (χ0n) is 12.7. The Morgan fingerprint density at radius 1 is 1.36 bits per heavy atom. The number of carboxylic acids is 1. The number of aliphatic carboxylic acids is 1. The van der Waals surface area contributed by atoms with E-state index in [1.165, 1.54) is 9.75 Å². The molecule has 2 atom stereocenters. The third-order valence-electron chi connectivity index (χ3n) is 4.45. The van der Waals surface area contributed by atoms with Gasteiger partial charge in [-0.25, -0.2) is 0 Å². The highest BCUT2D eigenvalue weighted by atomic mass is 32.1. The molecule has 0 spiro atoms. The van der Waals surface area contributed by atoms with Crippen molar-refractivity contribution >= 4 is 23.2 Å². The highest BCUT2D eigenvalue weighted by Crippen LogP contribution is 2.50. The first-order valence-electron chi connectivity index (χ1n) is 7.72. The summed E-state index contributed by atoms with van der Waals surface area (Å²) < 4.78 is 5.32. The standard InChI is InChI=1S/C16H21NO4S/c1-10-2-3-14(22-10)12-8-13(12)16(20)17(9-15(18)19)11-4-6-21-7-5-11/h2-3,11-13H,4-9H2,1H3,(H,18,19)/t12-,13+/m0/s1. The molecule has 2 aliphatic rings. The van der Waals surface area contributed by atoms with Crippen molar-refractivity contribution in [3.63, 3.8) is 0 Å². The van der Waals surface area contributed by atoms with Gasteiger partial charge in [-0.15, -0.1) is 11.3 Å². The Balaban J connectivity index is 1.68. The van der Waals surface area contributed by atoms with Gasteiger partial charge in [0.05, 0.1) is 0 Å². The number of aryl methyl sites for hydroxylation is 1. The van der Waals surface area contributed by atoms with Gasteiger partial charge in [-0.2, -0.15) is 0 Å². The van der Waals surface area contributed by atoms with Gasteiger partial charge in [0.25, 0.3) is 0 Å². The van der Waals surface area contributed by atoms with Crippen LogP contribution in [0.4, 0.5) is 0 Å². The highest BCUT2D eigenvalue weighted by molar-refractivity contribution is 7.12. The van der Waals surface area contributed by atoms with E-state index in [4.69, 9.17) is 9.84 Å². The molecule has 0 unspecified atom stereocenters.